The van der Waals surface area contributed by atoms with Crippen LogP contribution in [0, 0.1) is 0 Å². The molecule has 0 radical (unpaired) electrons. The molecule has 0 aliphatic carbocycles. The van der Waals surface area contributed by atoms with Crippen LogP contribution in [0.4, 0.5) is 0 Å². The number of carbonyl (C=O) groups excluding carboxylic acids is 1. The number of nitrogens with one attached hydrogen (secondary N) is 3. The van der Waals surface area contributed by atoms with Crippen molar-refractivity contribution in [2.45, 2.75) is 32.0 Å². The van der Waals surface area contributed by atoms with Gasteiger partial charge in [0.2, 0.25) is 0 Å². The Morgan fingerprint density at radius 3 is 2.76 bits per heavy atom. The maximum atomic E-state index is 12.5. The predicted octanol–water partition coefficient (Wildman–Crippen LogP) is 3.64. The number of benzene rings is 2. The minimum absolute atomic E-state index is 0. The summed E-state index contributed by atoms with van der Waals surface area (Å²) in [7, 11) is 1.73. The summed E-state index contributed by atoms with van der Waals surface area (Å²) in [6.07, 6.45) is 3.92. The van der Waals surface area contributed by atoms with Crippen LogP contribution in [0.2, 0.25) is 0 Å². The lowest BCUT2D eigenvalue weighted by Crippen LogP contribution is -2.36. The molecule has 0 bridgehead atoms. The van der Waals surface area contributed by atoms with E-state index in [-0.39, 0.29) is 36.0 Å². The Morgan fingerprint density at radius 1 is 1.18 bits per heavy atom. The maximum absolute atomic E-state index is 12.5. The number of aliphatic imine (C=N–C) groups is 1. The molecule has 2 aromatic carbocycles. The molecule has 8 heteroatoms. The highest BCUT2D eigenvalue weighted by atomic mass is 127. The monoisotopic (exact) mass is 564 g/mol. The van der Waals surface area contributed by atoms with Crippen LogP contribution in [-0.2, 0) is 17.8 Å². The van der Waals surface area contributed by atoms with E-state index in [9.17, 15) is 4.79 Å². The molecule has 2 aromatic rings. The predicted molar refractivity (Wildman–Crippen MR) is 142 cm³/mol. The first-order valence-electron chi connectivity index (χ1n) is 10.9. The van der Waals surface area contributed by atoms with E-state index in [1.54, 1.807) is 13.1 Å². The number of rotatable bonds is 10. The quantitative estimate of drug-likeness (QED) is 0.178. The zero-order chi connectivity index (χ0) is 22.6. The fourth-order valence-electron chi connectivity index (χ4n) is 3.46. The first-order chi connectivity index (χ1) is 15.7. The third kappa shape index (κ3) is 8.70. The second-order valence-electron chi connectivity index (χ2n) is 7.53. The highest BCUT2D eigenvalue weighted by molar-refractivity contribution is 14.0. The topological polar surface area (TPSA) is 84.0 Å². The normalized spacial score (nSPS) is 15.3. The first kappa shape index (κ1) is 26.7. The third-order valence-corrected chi connectivity index (χ3v) is 5.16. The third-order valence-electron chi connectivity index (χ3n) is 5.16. The zero-order valence-electron chi connectivity index (χ0n) is 19.0. The van der Waals surface area contributed by atoms with Gasteiger partial charge in [0.25, 0.3) is 5.91 Å². The summed E-state index contributed by atoms with van der Waals surface area (Å²) in [6.45, 7) is 6.60. The number of hydrogen-bond acceptors (Lipinski definition) is 4. The fraction of sp³-hybridized carbons (Fsp3) is 0.360. The number of ether oxygens (including phenoxy) is 2. The van der Waals surface area contributed by atoms with Crippen molar-refractivity contribution in [2.75, 3.05) is 26.8 Å². The number of hydrogen-bond donors (Lipinski definition) is 3. The first-order valence-corrected chi connectivity index (χ1v) is 10.9. The lowest BCUT2D eigenvalue weighted by molar-refractivity contribution is 0.0857. The van der Waals surface area contributed by atoms with E-state index in [2.05, 4.69) is 27.5 Å². The van der Waals surface area contributed by atoms with Gasteiger partial charge in [-0.15, -0.1) is 24.0 Å². The average molecular weight is 564 g/mol. The van der Waals surface area contributed by atoms with Crippen molar-refractivity contribution < 1.29 is 14.3 Å². The highest BCUT2D eigenvalue weighted by Crippen LogP contribution is 2.17. The van der Waals surface area contributed by atoms with Gasteiger partial charge in [-0.2, -0.15) is 0 Å². The molecule has 1 saturated heterocycles. The summed E-state index contributed by atoms with van der Waals surface area (Å²) >= 11 is 0. The maximum Gasteiger partial charge on any atom is 0.251 e. The van der Waals surface area contributed by atoms with Crippen molar-refractivity contribution in [1.82, 2.24) is 16.0 Å². The van der Waals surface area contributed by atoms with E-state index in [1.807, 2.05) is 48.5 Å². The van der Waals surface area contributed by atoms with Gasteiger partial charge in [-0.25, -0.2) is 0 Å². The molecule has 3 rings (SSSR count). The van der Waals surface area contributed by atoms with Gasteiger partial charge in [0, 0.05) is 44.4 Å². The molecule has 1 aliphatic heterocycles. The van der Waals surface area contributed by atoms with E-state index < -0.39 is 0 Å². The Kier molecular flexibility index (Phi) is 11.7. The van der Waals surface area contributed by atoms with E-state index in [0.717, 1.165) is 36.3 Å². The molecule has 1 fully saturated rings. The number of para-hydroxylation sites is 1. The van der Waals surface area contributed by atoms with Gasteiger partial charge in [-0.3, -0.25) is 9.79 Å². The molecular weight excluding hydrogens is 531 g/mol. The number of nitrogens with zero attached hydrogens (tertiary/aromatic N) is 1. The standard InChI is InChI=1S/C25H32N4O3.HI/c1-3-13-32-23-12-5-4-9-21(23)17-29-25(26-2)28-16-19-8-6-10-20(15-19)24(30)27-18-22-11-7-14-31-22;/h3-6,8-10,12,15,22H,1,7,11,13-14,16-18H2,2H3,(H,27,30)(H2,26,28,29);1H. The van der Waals surface area contributed by atoms with Crippen LogP contribution in [0.15, 0.2) is 66.2 Å². The zero-order valence-corrected chi connectivity index (χ0v) is 21.3. The van der Waals surface area contributed by atoms with Gasteiger partial charge in [-0.05, 0) is 36.6 Å². The Morgan fingerprint density at radius 2 is 2.00 bits per heavy atom. The van der Waals surface area contributed by atoms with Gasteiger partial charge in [0.05, 0.1) is 6.10 Å². The minimum Gasteiger partial charge on any atom is -0.489 e. The van der Waals surface area contributed by atoms with Crippen molar-refractivity contribution in [1.29, 1.82) is 0 Å². The summed E-state index contributed by atoms with van der Waals surface area (Å²) in [6, 6.07) is 15.5. The van der Waals surface area contributed by atoms with Crippen LogP contribution in [0.1, 0.15) is 34.3 Å². The van der Waals surface area contributed by atoms with Gasteiger partial charge in [0.1, 0.15) is 12.4 Å². The molecule has 1 amide bonds. The van der Waals surface area contributed by atoms with E-state index in [1.165, 1.54) is 0 Å². The van der Waals surface area contributed by atoms with Gasteiger partial charge in [0.15, 0.2) is 5.96 Å². The molecule has 1 atom stereocenters. The van der Waals surface area contributed by atoms with Gasteiger partial charge in [-0.1, -0.05) is 43.0 Å². The Labute approximate surface area is 213 Å². The summed E-state index contributed by atoms with van der Waals surface area (Å²) < 4.78 is 11.3. The average Bonchev–Trinajstić information content (AvgIpc) is 3.36. The molecular formula is C25H33IN4O3. The molecule has 33 heavy (non-hydrogen) atoms. The van der Waals surface area contributed by atoms with Crippen molar-refractivity contribution in [3.8, 4) is 5.75 Å². The molecule has 0 aromatic heterocycles. The molecule has 1 aliphatic rings. The van der Waals surface area contributed by atoms with Crippen LogP contribution in [0.3, 0.4) is 0 Å². The molecule has 1 heterocycles. The van der Waals surface area contributed by atoms with Crippen molar-refractivity contribution >= 4 is 35.8 Å². The molecule has 0 spiro atoms. The Hall–Kier alpha value is -2.59. The molecule has 7 nitrogen and oxygen atoms in total. The smallest absolute Gasteiger partial charge is 0.251 e. The minimum atomic E-state index is -0.0824. The van der Waals surface area contributed by atoms with Crippen molar-refractivity contribution in [3.05, 3.63) is 77.9 Å². The second-order valence-corrected chi connectivity index (χ2v) is 7.53. The number of guanidine groups is 1. The lowest BCUT2D eigenvalue weighted by Gasteiger charge is -2.15. The van der Waals surface area contributed by atoms with Crippen LogP contribution < -0.4 is 20.7 Å². The molecule has 1 unspecified atom stereocenters. The van der Waals surface area contributed by atoms with Crippen LogP contribution in [0.25, 0.3) is 0 Å². The summed E-state index contributed by atoms with van der Waals surface area (Å²) in [4.78, 5) is 16.8. The highest BCUT2D eigenvalue weighted by Gasteiger charge is 2.16. The summed E-state index contributed by atoms with van der Waals surface area (Å²) in [5.41, 5.74) is 2.66. The van der Waals surface area contributed by atoms with E-state index in [4.69, 9.17) is 9.47 Å². The van der Waals surface area contributed by atoms with Gasteiger partial charge >= 0.3 is 0 Å². The van der Waals surface area contributed by atoms with E-state index >= 15 is 0 Å². The Balaban J connectivity index is 0.00000385. The summed E-state index contributed by atoms with van der Waals surface area (Å²) in [5.74, 6) is 1.40. The van der Waals surface area contributed by atoms with Gasteiger partial charge < -0.3 is 25.4 Å². The van der Waals surface area contributed by atoms with E-state index in [0.29, 0.717) is 37.8 Å². The Bertz CT molecular complexity index is 929. The van der Waals surface area contributed by atoms with Crippen LogP contribution >= 0.6 is 24.0 Å². The van der Waals surface area contributed by atoms with Crippen LogP contribution in [0.5, 0.6) is 5.75 Å². The number of halogens is 1. The largest absolute Gasteiger partial charge is 0.489 e. The van der Waals surface area contributed by atoms with Crippen molar-refractivity contribution in [2.24, 2.45) is 4.99 Å². The summed E-state index contributed by atoms with van der Waals surface area (Å²) in [5, 5.41) is 9.56. The molecule has 0 saturated carbocycles. The molecule has 178 valence electrons. The molecule has 3 N–H and O–H groups in total. The second kappa shape index (κ2) is 14.5. The number of amides is 1. The van der Waals surface area contributed by atoms with Crippen LogP contribution in [-0.4, -0.2) is 44.8 Å². The fourth-order valence-corrected chi connectivity index (χ4v) is 3.46. The lowest BCUT2D eigenvalue weighted by atomic mass is 10.1. The SMILES string of the molecule is C=CCOc1ccccc1CNC(=NC)NCc1cccc(C(=O)NCC2CCCO2)c1.I. The van der Waals surface area contributed by atoms with Crippen molar-refractivity contribution in [3.63, 3.8) is 0 Å². The number of carbonyl (C=O) groups is 1.